The van der Waals surface area contributed by atoms with E-state index in [0.717, 1.165) is 22.0 Å². The van der Waals surface area contributed by atoms with Crippen molar-refractivity contribution in [3.63, 3.8) is 0 Å². The Balaban J connectivity index is 2.84. The number of benzene rings is 1. The quantitative estimate of drug-likeness (QED) is 0.836. The van der Waals surface area contributed by atoms with Crippen LogP contribution in [0, 0.1) is 6.92 Å². The maximum atomic E-state index is 11.0. The summed E-state index contributed by atoms with van der Waals surface area (Å²) in [6.45, 7) is 3.55. The molecule has 2 rings (SSSR count). The summed E-state index contributed by atoms with van der Waals surface area (Å²) in [4.78, 5) is 11.0. The van der Waals surface area contributed by atoms with E-state index in [2.05, 4.69) is 0 Å². The van der Waals surface area contributed by atoms with Gasteiger partial charge in [0.05, 0.1) is 17.2 Å². The number of aromatic nitrogens is 1. The number of aliphatic hydroxyl groups is 1. The molecule has 0 aliphatic heterocycles. The normalized spacial score (nSPS) is 12.9. The second kappa shape index (κ2) is 3.89. The van der Waals surface area contributed by atoms with Gasteiger partial charge in [-0.05, 0) is 31.5 Å². The maximum absolute atomic E-state index is 11.0. The maximum Gasteiger partial charge on any atom is 0.335 e. The zero-order chi connectivity index (χ0) is 12.7. The van der Waals surface area contributed by atoms with Gasteiger partial charge in [0.25, 0.3) is 0 Å². The van der Waals surface area contributed by atoms with Crippen molar-refractivity contribution in [2.24, 2.45) is 7.05 Å². The van der Waals surface area contributed by atoms with E-state index >= 15 is 0 Å². The first-order valence-corrected chi connectivity index (χ1v) is 5.42. The number of aromatic carboxylic acids is 1. The van der Waals surface area contributed by atoms with E-state index in [0.29, 0.717) is 0 Å². The molecule has 0 amide bonds. The van der Waals surface area contributed by atoms with Crippen LogP contribution in [0.25, 0.3) is 10.9 Å². The molecule has 0 saturated heterocycles. The number of hydrogen-bond acceptors (Lipinski definition) is 2. The molecule has 0 spiro atoms. The van der Waals surface area contributed by atoms with E-state index in [1.807, 2.05) is 24.7 Å². The number of nitrogens with zero attached hydrogens (tertiary/aromatic N) is 1. The Labute approximate surface area is 99.1 Å². The lowest BCUT2D eigenvalue weighted by molar-refractivity contribution is 0.0697. The Morgan fingerprint density at radius 1 is 1.41 bits per heavy atom. The van der Waals surface area contributed by atoms with Crippen molar-refractivity contribution in [1.29, 1.82) is 0 Å². The molecule has 90 valence electrons. The molecule has 0 radical (unpaired) electrons. The van der Waals surface area contributed by atoms with Crippen LogP contribution in [0.4, 0.5) is 0 Å². The molecule has 0 saturated carbocycles. The zero-order valence-corrected chi connectivity index (χ0v) is 10.1. The van der Waals surface area contributed by atoms with Crippen LogP contribution in [0.1, 0.15) is 34.5 Å². The van der Waals surface area contributed by atoms with Crippen molar-refractivity contribution in [1.82, 2.24) is 4.57 Å². The lowest BCUT2D eigenvalue weighted by Gasteiger charge is -2.05. The van der Waals surface area contributed by atoms with Gasteiger partial charge in [-0.3, -0.25) is 0 Å². The highest BCUT2D eigenvalue weighted by Crippen LogP contribution is 2.29. The van der Waals surface area contributed by atoms with Gasteiger partial charge in [0.2, 0.25) is 0 Å². The zero-order valence-electron chi connectivity index (χ0n) is 10.1. The van der Waals surface area contributed by atoms with Crippen molar-refractivity contribution in [3.8, 4) is 0 Å². The topological polar surface area (TPSA) is 62.5 Å². The lowest BCUT2D eigenvalue weighted by Crippen LogP contribution is -1.98. The van der Waals surface area contributed by atoms with E-state index in [1.165, 1.54) is 0 Å². The SMILES string of the molecule is Cc1cc(C(=O)O)cc2c(C(C)O)cn(C)c12. The lowest BCUT2D eigenvalue weighted by atomic mass is 10.0. The summed E-state index contributed by atoms with van der Waals surface area (Å²) in [5, 5.41) is 19.5. The summed E-state index contributed by atoms with van der Waals surface area (Å²) >= 11 is 0. The molecule has 4 heteroatoms. The molecule has 0 bridgehead atoms. The van der Waals surface area contributed by atoms with Crippen LogP contribution in [0.5, 0.6) is 0 Å². The second-order valence-corrected chi connectivity index (χ2v) is 4.37. The number of rotatable bonds is 2. The number of carboxylic acids is 1. The summed E-state index contributed by atoms with van der Waals surface area (Å²) in [5.74, 6) is -0.949. The highest BCUT2D eigenvalue weighted by Gasteiger charge is 2.15. The number of carboxylic acid groups (broad SMARTS) is 1. The van der Waals surface area contributed by atoms with E-state index in [4.69, 9.17) is 5.11 Å². The number of hydrogen-bond donors (Lipinski definition) is 2. The highest BCUT2D eigenvalue weighted by molar-refractivity contribution is 5.96. The Kier molecular flexibility index (Phi) is 2.67. The Morgan fingerprint density at radius 2 is 2.06 bits per heavy atom. The van der Waals surface area contributed by atoms with Crippen LogP contribution in [0.3, 0.4) is 0 Å². The van der Waals surface area contributed by atoms with Crippen LogP contribution in [0.15, 0.2) is 18.3 Å². The van der Waals surface area contributed by atoms with Gasteiger partial charge in [-0.15, -0.1) is 0 Å². The fourth-order valence-corrected chi connectivity index (χ4v) is 2.27. The van der Waals surface area contributed by atoms with Crippen LogP contribution in [-0.2, 0) is 7.05 Å². The van der Waals surface area contributed by atoms with Gasteiger partial charge < -0.3 is 14.8 Å². The Morgan fingerprint density at radius 3 is 2.59 bits per heavy atom. The van der Waals surface area contributed by atoms with Crippen molar-refractivity contribution in [2.75, 3.05) is 0 Å². The summed E-state index contributed by atoms with van der Waals surface area (Å²) in [6, 6.07) is 3.27. The van der Waals surface area contributed by atoms with Gasteiger partial charge >= 0.3 is 5.97 Å². The molecule has 1 aromatic carbocycles. The minimum absolute atomic E-state index is 0.253. The predicted molar refractivity (Wildman–Crippen MR) is 65.2 cm³/mol. The summed E-state index contributed by atoms with van der Waals surface area (Å²) < 4.78 is 1.92. The minimum Gasteiger partial charge on any atom is -0.478 e. The van der Waals surface area contributed by atoms with Gasteiger partial charge in [-0.25, -0.2) is 4.79 Å². The van der Waals surface area contributed by atoms with Crippen LogP contribution >= 0.6 is 0 Å². The molecule has 0 fully saturated rings. The van der Waals surface area contributed by atoms with Gasteiger partial charge in [0, 0.05) is 24.2 Å². The first kappa shape index (κ1) is 11.7. The third kappa shape index (κ3) is 1.80. The number of aliphatic hydroxyl groups excluding tert-OH is 1. The van der Waals surface area contributed by atoms with Gasteiger partial charge in [0.1, 0.15) is 0 Å². The molecular formula is C13H15NO3. The van der Waals surface area contributed by atoms with Crippen molar-refractivity contribution in [2.45, 2.75) is 20.0 Å². The summed E-state index contributed by atoms with van der Waals surface area (Å²) in [7, 11) is 1.89. The second-order valence-electron chi connectivity index (χ2n) is 4.37. The standard InChI is InChI=1S/C13H15NO3/c1-7-4-9(13(16)17)5-10-11(8(2)15)6-14(3)12(7)10/h4-6,8,15H,1-3H3,(H,16,17). The Bertz CT molecular complexity index is 596. The first-order chi connectivity index (χ1) is 7.91. The Hall–Kier alpha value is -1.81. The molecule has 0 aliphatic rings. The van der Waals surface area contributed by atoms with E-state index < -0.39 is 12.1 Å². The van der Waals surface area contributed by atoms with Crippen LogP contribution in [0.2, 0.25) is 0 Å². The van der Waals surface area contributed by atoms with Gasteiger partial charge in [0.15, 0.2) is 0 Å². The highest BCUT2D eigenvalue weighted by atomic mass is 16.4. The third-order valence-corrected chi connectivity index (χ3v) is 2.99. The van der Waals surface area contributed by atoms with E-state index in [9.17, 15) is 9.90 Å². The number of carbonyl (C=O) groups is 1. The van der Waals surface area contributed by atoms with E-state index in [-0.39, 0.29) is 5.56 Å². The fourth-order valence-electron chi connectivity index (χ4n) is 2.27. The molecule has 1 atom stereocenters. The van der Waals surface area contributed by atoms with Gasteiger partial charge in [-0.1, -0.05) is 0 Å². The largest absolute Gasteiger partial charge is 0.478 e. The average molecular weight is 233 g/mol. The molecule has 1 aromatic heterocycles. The summed E-state index contributed by atoms with van der Waals surface area (Å²) in [6.07, 6.45) is 1.23. The van der Waals surface area contributed by atoms with Crippen LogP contribution < -0.4 is 0 Å². The molecule has 2 aromatic rings. The molecule has 1 heterocycles. The number of fused-ring (bicyclic) bond motifs is 1. The molecule has 0 aliphatic carbocycles. The van der Waals surface area contributed by atoms with Crippen LogP contribution in [-0.4, -0.2) is 20.7 Å². The smallest absolute Gasteiger partial charge is 0.335 e. The van der Waals surface area contributed by atoms with Crippen molar-refractivity contribution < 1.29 is 15.0 Å². The molecule has 1 unspecified atom stereocenters. The third-order valence-electron chi connectivity index (χ3n) is 2.99. The van der Waals surface area contributed by atoms with Crippen molar-refractivity contribution >= 4 is 16.9 Å². The monoisotopic (exact) mass is 233 g/mol. The summed E-state index contributed by atoms with van der Waals surface area (Å²) in [5.41, 5.74) is 2.87. The molecular weight excluding hydrogens is 218 g/mol. The molecule has 17 heavy (non-hydrogen) atoms. The minimum atomic E-state index is -0.949. The average Bonchev–Trinajstić information content (AvgIpc) is 2.56. The fraction of sp³-hybridized carbons (Fsp3) is 0.308. The molecule has 4 nitrogen and oxygen atoms in total. The van der Waals surface area contributed by atoms with Crippen molar-refractivity contribution in [3.05, 3.63) is 35.0 Å². The van der Waals surface area contributed by atoms with E-state index in [1.54, 1.807) is 19.1 Å². The van der Waals surface area contributed by atoms with Gasteiger partial charge in [-0.2, -0.15) is 0 Å². The predicted octanol–water partition coefficient (Wildman–Crippen LogP) is 2.24. The first-order valence-electron chi connectivity index (χ1n) is 5.42. The molecule has 2 N–H and O–H groups in total. The number of aryl methyl sites for hydroxylation is 2.